The summed E-state index contributed by atoms with van der Waals surface area (Å²) in [5, 5.41) is 11.1. The van der Waals surface area contributed by atoms with Gasteiger partial charge in [-0.25, -0.2) is 9.18 Å². The number of aromatic carboxylic acids is 1. The van der Waals surface area contributed by atoms with Crippen LogP contribution >= 0.6 is 11.6 Å². The topological polar surface area (TPSA) is 133 Å². The zero-order valence-corrected chi connectivity index (χ0v) is 32.3. The first kappa shape index (κ1) is 37.9. The van der Waals surface area contributed by atoms with Crippen LogP contribution in [0.3, 0.4) is 0 Å². The maximum atomic E-state index is 16.4. The van der Waals surface area contributed by atoms with Crippen LogP contribution < -0.4 is 19.8 Å². The number of nitrogens with zero attached hydrogens (tertiary/aromatic N) is 4. The molecule has 1 saturated carbocycles. The summed E-state index contributed by atoms with van der Waals surface area (Å²) >= 11 is 6.06. The summed E-state index contributed by atoms with van der Waals surface area (Å²) in [5.41, 5.74) is 2.22. The molecule has 14 heteroatoms. The molecule has 2 aliphatic rings. The normalized spacial score (nSPS) is 16.1. The standard InChI is InChI=1S/C41H42ClFN4O8/c1-21-19-44(37-35(43)22(2)33-36(39(37)54-6)46(27-11-12-27)24(4)34(38(33)49)41(51)52)15-16-45(21)20-55-32(48)18-29-23(3)47(31-14-13-28(53-5)17-30(29)31)40(50)25-7-9-26(42)10-8-25/h7-10,13-14,17,21,27H,11-12,15-16,18-20H2,1-6H3,(H,51,52). The molecule has 1 saturated heterocycles. The number of hydrogen-bond donors (Lipinski definition) is 1. The second kappa shape index (κ2) is 14.7. The lowest BCUT2D eigenvalue weighted by atomic mass is 9.99. The number of carbonyl (C=O) groups excluding carboxylic acids is 2. The van der Waals surface area contributed by atoms with Gasteiger partial charge in [0, 0.05) is 64.6 Å². The molecule has 0 radical (unpaired) electrons. The van der Waals surface area contributed by atoms with Crippen LogP contribution in [0.4, 0.5) is 10.1 Å². The summed E-state index contributed by atoms with van der Waals surface area (Å²) in [5.74, 6) is -1.97. The summed E-state index contributed by atoms with van der Waals surface area (Å²) in [7, 11) is 2.98. The van der Waals surface area contributed by atoms with E-state index in [4.69, 9.17) is 25.8 Å². The predicted octanol–water partition coefficient (Wildman–Crippen LogP) is 6.67. The fourth-order valence-electron chi connectivity index (χ4n) is 7.93. The average molecular weight is 773 g/mol. The van der Waals surface area contributed by atoms with E-state index in [-0.39, 0.29) is 59.1 Å². The van der Waals surface area contributed by atoms with Gasteiger partial charge in [0.05, 0.1) is 37.1 Å². The van der Waals surface area contributed by atoms with Crippen LogP contribution in [-0.4, -0.2) is 83.6 Å². The number of ether oxygens (including phenoxy) is 3. The Hall–Kier alpha value is -5.40. The number of piperazine rings is 1. The third kappa shape index (κ3) is 6.58. The highest BCUT2D eigenvalue weighted by Crippen LogP contribution is 2.46. The van der Waals surface area contributed by atoms with Gasteiger partial charge >= 0.3 is 11.9 Å². The van der Waals surface area contributed by atoms with Crippen LogP contribution in [0.15, 0.2) is 47.3 Å². The van der Waals surface area contributed by atoms with Crippen molar-refractivity contribution in [3.05, 3.63) is 97.2 Å². The molecule has 12 nitrogen and oxygen atoms in total. The number of rotatable bonds is 10. The quantitative estimate of drug-likeness (QED) is 0.154. The molecule has 5 aromatic rings. The van der Waals surface area contributed by atoms with Crippen LogP contribution in [-0.2, 0) is 16.0 Å². The number of carboxylic acids is 1. The number of aromatic nitrogens is 2. The van der Waals surface area contributed by atoms with Crippen molar-refractivity contribution < 1.29 is 38.1 Å². The van der Waals surface area contributed by atoms with Crippen LogP contribution in [0.2, 0.25) is 5.02 Å². The fourth-order valence-corrected chi connectivity index (χ4v) is 8.05. The van der Waals surface area contributed by atoms with Crippen molar-refractivity contribution in [3.8, 4) is 11.5 Å². The van der Waals surface area contributed by atoms with Crippen molar-refractivity contribution >= 4 is 56.9 Å². The Kier molecular flexibility index (Phi) is 10.1. The minimum atomic E-state index is -1.35. The van der Waals surface area contributed by atoms with Crippen LogP contribution in [0.1, 0.15) is 69.0 Å². The van der Waals surface area contributed by atoms with Gasteiger partial charge in [-0.2, -0.15) is 0 Å². The summed E-state index contributed by atoms with van der Waals surface area (Å²) in [6.45, 7) is 7.99. The van der Waals surface area contributed by atoms with Gasteiger partial charge in [-0.05, 0) is 88.6 Å². The van der Waals surface area contributed by atoms with E-state index in [1.54, 1.807) is 68.0 Å². The van der Waals surface area contributed by atoms with Crippen molar-refractivity contribution in [2.24, 2.45) is 0 Å². The highest BCUT2D eigenvalue weighted by molar-refractivity contribution is 6.30. The summed E-state index contributed by atoms with van der Waals surface area (Å²) in [6, 6.07) is 11.8. The van der Waals surface area contributed by atoms with Gasteiger partial charge in [0.1, 0.15) is 23.7 Å². The molecule has 2 fully saturated rings. The third-order valence-electron chi connectivity index (χ3n) is 11.0. The average Bonchev–Trinajstić information content (AvgIpc) is 3.96. The van der Waals surface area contributed by atoms with Crippen molar-refractivity contribution in [1.82, 2.24) is 14.0 Å². The number of aryl methyl sites for hydroxylation is 1. The number of halogens is 2. The van der Waals surface area contributed by atoms with Gasteiger partial charge in [-0.1, -0.05) is 11.6 Å². The number of pyridine rings is 1. The lowest BCUT2D eigenvalue weighted by Crippen LogP contribution is -2.53. The number of methoxy groups -OCH3 is 2. The predicted molar refractivity (Wildman–Crippen MR) is 207 cm³/mol. The Morgan fingerprint density at radius 2 is 1.69 bits per heavy atom. The van der Waals surface area contributed by atoms with E-state index >= 15 is 4.39 Å². The Morgan fingerprint density at radius 1 is 0.982 bits per heavy atom. The molecule has 1 N–H and O–H groups in total. The van der Waals surface area contributed by atoms with Crippen molar-refractivity contribution in [2.75, 3.05) is 45.5 Å². The lowest BCUT2D eigenvalue weighted by Gasteiger charge is -2.41. The Balaban J connectivity index is 1.12. The smallest absolute Gasteiger partial charge is 0.341 e. The van der Waals surface area contributed by atoms with Crippen LogP contribution in [0, 0.1) is 26.6 Å². The Labute approximate surface area is 321 Å². The highest BCUT2D eigenvalue weighted by Gasteiger charge is 2.36. The Bertz CT molecular complexity index is 2450. The largest absolute Gasteiger partial charge is 0.497 e. The Morgan fingerprint density at radius 3 is 2.31 bits per heavy atom. The van der Waals surface area contributed by atoms with Gasteiger partial charge in [-0.3, -0.25) is 23.9 Å². The van der Waals surface area contributed by atoms with E-state index in [2.05, 4.69) is 0 Å². The summed E-state index contributed by atoms with van der Waals surface area (Å²) in [4.78, 5) is 56.7. The van der Waals surface area contributed by atoms with E-state index in [1.165, 1.54) is 14.0 Å². The van der Waals surface area contributed by atoms with Crippen LogP contribution in [0.5, 0.6) is 11.5 Å². The van der Waals surface area contributed by atoms with E-state index in [9.17, 15) is 24.3 Å². The molecular weight excluding hydrogens is 731 g/mol. The summed E-state index contributed by atoms with van der Waals surface area (Å²) < 4.78 is 37.0. The number of anilines is 1. The molecule has 3 aromatic carbocycles. The number of fused-ring (bicyclic) bond motifs is 2. The molecule has 1 unspecified atom stereocenters. The molecule has 288 valence electrons. The SMILES string of the molecule is COc1ccc2c(c1)c(CC(=O)OCN1CCN(c3c(F)c(C)c4c(=O)c(C(=O)O)c(C)n(C5CC5)c4c3OC)CC1C)c(C)n2C(=O)c1ccc(Cl)cc1. The molecule has 0 spiro atoms. The number of carboxylic acid groups (broad SMARTS) is 1. The highest BCUT2D eigenvalue weighted by atomic mass is 35.5. The lowest BCUT2D eigenvalue weighted by molar-refractivity contribution is -0.148. The van der Waals surface area contributed by atoms with E-state index in [1.807, 2.05) is 21.3 Å². The first-order valence-electron chi connectivity index (χ1n) is 18.1. The van der Waals surface area contributed by atoms with E-state index in [0.717, 1.165) is 12.8 Å². The number of hydrogen-bond acceptors (Lipinski definition) is 9. The molecule has 3 heterocycles. The number of benzene rings is 3. The molecule has 0 amide bonds. The van der Waals surface area contributed by atoms with Crippen molar-refractivity contribution in [2.45, 2.75) is 59.0 Å². The van der Waals surface area contributed by atoms with Crippen molar-refractivity contribution in [1.29, 1.82) is 0 Å². The first-order valence-corrected chi connectivity index (χ1v) is 18.5. The maximum Gasteiger partial charge on any atom is 0.341 e. The molecule has 2 aromatic heterocycles. The van der Waals surface area contributed by atoms with E-state index < -0.39 is 23.2 Å². The van der Waals surface area contributed by atoms with Crippen molar-refractivity contribution in [3.63, 3.8) is 0 Å². The van der Waals surface area contributed by atoms with Gasteiger partial charge < -0.3 is 28.8 Å². The molecule has 1 aliphatic heterocycles. The van der Waals surface area contributed by atoms with E-state index in [0.29, 0.717) is 69.3 Å². The zero-order chi connectivity index (χ0) is 39.5. The minimum Gasteiger partial charge on any atom is -0.497 e. The molecule has 0 bridgehead atoms. The molecule has 55 heavy (non-hydrogen) atoms. The molecule has 1 aliphatic carbocycles. The summed E-state index contributed by atoms with van der Waals surface area (Å²) in [6.07, 6.45) is 1.52. The van der Waals surface area contributed by atoms with Gasteiger partial charge in [0.2, 0.25) is 5.43 Å². The molecule has 1 atom stereocenters. The maximum absolute atomic E-state index is 16.4. The molecular formula is C41H42ClFN4O8. The second-order valence-electron chi connectivity index (χ2n) is 14.3. The fraction of sp³-hybridized carbons (Fsp3) is 0.366. The number of carbonyl (C=O) groups is 3. The zero-order valence-electron chi connectivity index (χ0n) is 31.5. The second-order valence-corrected chi connectivity index (χ2v) is 14.7. The van der Waals surface area contributed by atoms with Gasteiger partial charge in [0.25, 0.3) is 5.91 Å². The minimum absolute atomic E-state index is 0.00664. The van der Waals surface area contributed by atoms with Crippen LogP contribution in [0.25, 0.3) is 21.8 Å². The molecule has 7 rings (SSSR count). The van der Waals surface area contributed by atoms with Gasteiger partial charge in [0.15, 0.2) is 11.6 Å². The number of esters is 1. The van der Waals surface area contributed by atoms with Gasteiger partial charge in [-0.15, -0.1) is 0 Å². The third-order valence-corrected chi connectivity index (χ3v) is 11.2. The first-order chi connectivity index (χ1) is 26.3. The monoisotopic (exact) mass is 772 g/mol.